The minimum atomic E-state index is 0.305. The molecule has 3 nitrogen and oxygen atoms in total. The third-order valence-corrected chi connectivity index (χ3v) is 3.86. The Kier molecular flexibility index (Phi) is 3.72. The van der Waals surface area contributed by atoms with E-state index in [0.717, 1.165) is 6.54 Å². The molecule has 3 rings (SSSR count). The zero-order valence-electron chi connectivity index (χ0n) is 12.0. The first-order valence-electron chi connectivity index (χ1n) is 6.97. The predicted octanol–water partition coefficient (Wildman–Crippen LogP) is 3.03. The number of likely N-dealkylation sites (N-methyl/N-ethyl adjacent to an activating group) is 1. The van der Waals surface area contributed by atoms with Crippen molar-refractivity contribution < 1.29 is 4.74 Å². The number of hydrogen-bond donors (Lipinski definition) is 1. The van der Waals surface area contributed by atoms with E-state index in [0.29, 0.717) is 12.6 Å². The van der Waals surface area contributed by atoms with Gasteiger partial charge in [-0.15, -0.1) is 0 Å². The summed E-state index contributed by atoms with van der Waals surface area (Å²) in [7, 11) is 3.73. The Balaban J connectivity index is 2.16. The Hall–Kier alpha value is -1.84. The first-order valence-corrected chi connectivity index (χ1v) is 6.97. The van der Waals surface area contributed by atoms with Crippen molar-refractivity contribution in [1.29, 1.82) is 0 Å². The van der Waals surface area contributed by atoms with E-state index in [2.05, 4.69) is 58.4 Å². The lowest BCUT2D eigenvalue weighted by molar-refractivity contribution is 0.163. The third-order valence-electron chi connectivity index (χ3n) is 3.86. The molecule has 0 saturated heterocycles. The van der Waals surface area contributed by atoms with E-state index in [4.69, 9.17) is 4.74 Å². The van der Waals surface area contributed by atoms with Gasteiger partial charge in [-0.05, 0) is 19.2 Å². The lowest BCUT2D eigenvalue weighted by atomic mass is 10.2. The molecule has 20 heavy (non-hydrogen) atoms. The molecule has 0 spiro atoms. The van der Waals surface area contributed by atoms with Crippen LogP contribution in [-0.4, -0.2) is 31.4 Å². The van der Waals surface area contributed by atoms with Gasteiger partial charge in [-0.1, -0.05) is 36.4 Å². The highest BCUT2D eigenvalue weighted by atomic mass is 16.5. The Morgan fingerprint density at radius 1 is 1.00 bits per heavy atom. The van der Waals surface area contributed by atoms with Crippen molar-refractivity contribution in [2.45, 2.75) is 12.6 Å². The molecule has 1 atom stereocenters. The average Bonchev–Trinajstić information content (AvgIpc) is 2.82. The number of para-hydroxylation sites is 2. The van der Waals surface area contributed by atoms with Crippen LogP contribution in [0.15, 0.2) is 48.5 Å². The van der Waals surface area contributed by atoms with Crippen LogP contribution >= 0.6 is 0 Å². The molecule has 0 aliphatic carbocycles. The second kappa shape index (κ2) is 5.65. The van der Waals surface area contributed by atoms with Crippen molar-refractivity contribution >= 4 is 21.8 Å². The smallest absolute Gasteiger partial charge is 0.0633 e. The molecule has 1 heterocycles. The van der Waals surface area contributed by atoms with Gasteiger partial charge >= 0.3 is 0 Å². The van der Waals surface area contributed by atoms with Crippen LogP contribution in [0.2, 0.25) is 0 Å². The van der Waals surface area contributed by atoms with Crippen molar-refractivity contribution in [2.24, 2.45) is 0 Å². The van der Waals surface area contributed by atoms with E-state index >= 15 is 0 Å². The third kappa shape index (κ3) is 2.19. The van der Waals surface area contributed by atoms with E-state index in [1.807, 2.05) is 7.05 Å². The van der Waals surface area contributed by atoms with Crippen molar-refractivity contribution in [3.63, 3.8) is 0 Å². The molecule has 0 amide bonds. The summed E-state index contributed by atoms with van der Waals surface area (Å²) >= 11 is 0. The van der Waals surface area contributed by atoms with Crippen LogP contribution in [0.3, 0.4) is 0 Å². The fourth-order valence-electron chi connectivity index (χ4n) is 2.85. The second-order valence-corrected chi connectivity index (χ2v) is 5.09. The SMILES string of the molecule is CNC(COC)Cn1c2ccccc2c2ccccc21. The predicted molar refractivity (Wildman–Crippen MR) is 84.2 cm³/mol. The molecule has 1 aromatic heterocycles. The quantitative estimate of drug-likeness (QED) is 0.770. The molecule has 1 N–H and O–H groups in total. The number of methoxy groups -OCH3 is 1. The first kappa shape index (κ1) is 13.2. The van der Waals surface area contributed by atoms with E-state index in [1.54, 1.807) is 7.11 Å². The van der Waals surface area contributed by atoms with Gasteiger partial charge in [0.2, 0.25) is 0 Å². The maximum Gasteiger partial charge on any atom is 0.0633 e. The van der Waals surface area contributed by atoms with Crippen molar-refractivity contribution in [2.75, 3.05) is 20.8 Å². The molecule has 1 unspecified atom stereocenters. The Labute approximate surface area is 119 Å². The lowest BCUT2D eigenvalue weighted by Gasteiger charge is -2.17. The number of benzene rings is 2. The summed E-state index contributed by atoms with van der Waals surface area (Å²) in [6, 6.07) is 17.5. The Morgan fingerprint density at radius 2 is 1.55 bits per heavy atom. The summed E-state index contributed by atoms with van der Waals surface area (Å²) in [6.07, 6.45) is 0. The minimum Gasteiger partial charge on any atom is -0.383 e. The van der Waals surface area contributed by atoms with Gasteiger partial charge in [0.15, 0.2) is 0 Å². The largest absolute Gasteiger partial charge is 0.383 e. The first-order chi connectivity index (χ1) is 9.85. The molecular formula is C17H20N2O. The maximum absolute atomic E-state index is 5.29. The van der Waals surface area contributed by atoms with Gasteiger partial charge in [0.1, 0.15) is 0 Å². The molecule has 0 saturated carbocycles. The van der Waals surface area contributed by atoms with Crippen LogP contribution in [0.5, 0.6) is 0 Å². The average molecular weight is 268 g/mol. The molecule has 3 heteroatoms. The van der Waals surface area contributed by atoms with Crippen LogP contribution in [0.25, 0.3) is 21.8 Å². The summed E-state index contributed by atoms with van der Waals surface area (Å²) < 4.78 is 7.67. The van der Waals surface area contributed by atoms with Gasteiger partial charge in [0.05, 0.1) is 6.61 Å². The van der Waals surface area contributed by atoms with E-state index in [1.165, 1.54) is 21.8 Å². The van der Waals surface area contributed by atoms with Crippen LogP contribution in [0, 0.1) is 0 Å². The fourth-order valence-corrected chi connectivity index (χ4v) is 2.85. The summed E-state index contributed by atoms with van der Waals surface area (Å²) in [5, 5.41) is 5.96. The van der Waals surface area contributed by atoms with Gasteiger partial charge in [-0.25, -0.2) is 0 Å². The van der Waals surface area contributed by atoms with Crippen molar-refractivity contribution in [1.82, 2.24) is 9.88 Å². The highest BCUT2D eigenvalue weighted by Crippen LogP contribution is 2.28. The molecule has 0 aliphatic rings. The Morgan fingerprint density at radius 3 is 2.05 bits per heavy atom. The standard InChI is InChI=1S/C17H20N2O/c1-18-13(12-20-2)11-19-16-9-5-3-7-14(16)15-8-4-6-10-17(15)19/h3-10,13,18H,11-12H2,1-2H3. The molecule has 0 bridgehead atoms. The molecule has 0 aliphatic heterocycles. The summed E-state index contributed by atoms with van der Waals surface area (Å²) in [4.78, 5) is 0. The number of nitrogens with one attached hydrogen (secondary N) is 1. The molecule has 2 aromatic carbocycles. The van der Waals surface area contributed by atoms with E-state index in [-0.39, 0.29) is 0 Å². The van der Waals surface area contributed by atoms with Crippen molar-refractivity contribution in [3.05, 3.63) is 48.5 Å². The normalized spacial score (nSPS) is 13.1. The number of fused-ring (bicyclic) bond motifs is 3. The maximum atomic E-state index is 5.29. The van der Waals surface area contributed by atoms with Crippen LogP contribution in [-0.2, 0) is 11.3 Å². The zero-order valence-corrected chi connectivity index (χ0v) is 12.0. The van der Waals surface area contributed by atoms with Crippen molar-refractivity contribution in [3.8, 4) is 0 Å². The molecule has 104 valence electrons. The minimum absolute atomic E-state index is 0.305. The van der Waals surface area contributed by atoms with E-state index < -0.39 is 0 Å². The molecular weight excluding hydrogens is 248 g/mol. The van der Waals surface area contributed by atoms with Gasteiger partial charge < -0.3 is 14.6 Å². The number of rotatable bonds is 5. The number of ether oxygens (including phenoxy) is 1. The monoisotopic (exact) mass is 268 g/mol. The lowest BCUT2D eigenvalue weighted by Crippen LogP contribution is -2.34. The summed E-state index contributed by atoms with van der Waals surface area (Å²) in [6.45, 7) is 1.61. The van der Waals surface area contributed by atoms with Gasteiger partial charge in [0.25, 0.3) is 0 Å². The summed E-state index contributed by atoms with van der Waals surface area (Å²) in [5.41, 5.74) is 2.56. The second-order valence-electron chi connectivity index (χ2n) is 5.09. The summed E-state index contributed by atoms with van der Waals surface area (Å²) in [5.74, 6) is 0. The van der Waals surface area contributed by atoms with Crippen LogP contribution in [0.1, 0.15) is 0 Å². The fraction of sp³-hybridized carbons (Fsp3) is 0.294. The van der Waals surface area contributed by atoms with E-state index in [9.17, 15) is 0 Å². The Bertz CT molecular complexity index is 664. The number of nitrogens with zero attached hydrogens (tertiary/aromatic N) is 1. The number of aromatic nitrogens is 1. The highest BCUT2D eigenvalue weighted by Gasteiger charge is 2.13. The zero-order chi connectivity index (χ0) is 13.9. The number of hydrogen-bond acceptors (Lipinski definition) is 2. The molecule has 3 aromatic rings. The topological polar surface area (TPSA) is 26.2 Å². The van der Waals surface area contributed by atoms with Crippen LogP contribution in [0.4, 0.5) is 0 Å². The molecule has 0 fully saturated rings. The van der Waals surface area contributed by atoms with Gasteiger partial charge in [-0.2, -0.15) is 0 Å². The van der Waals surface area contributed by atoms with Gasteiger partial charge in [0, 0.05) is 41.5 Å². The highest BCUT2D eigenvalue weighted by molar-refractivity contribution is 6.07. The van der Waals surface area contributed by atoms with Gasteiger partial charge in [-0.3, -0.25) is 0 Å². The molecule has 0 radical (unpaired) electrons. The van der Waals surface area contributed by atoms with Crippen LogP contribution < -0.4 is 5.32 Å².